The minimum Gasteiger partial charge on any atom is -0.316 e. The lowest BCUT2D eigenvalue weighted by molar-refractivity contribution is 0.0772. The van der Waals surface area contributed by atoms with Gasteiger partial charge >= 0.3 is 0 Å². The molecule has 1 fully saturated rings. The average Bonchev–Trinajstić information content (AvgIpc) is 2.30. The Morgan fingerprint density at radius 1 is 1.56 bits per heavy atom. The molecular formula is C13H18N2O. The summed E-state index contributed by atoms with van der Waals surface area (Å²) in [7, 11) is 0. The lowest BCUT2D eigenvalue weighted by Crippen LogP contribution is -2.43. The van der Waals surface area contributed by atoms with Crippen molar-refractivity contribution in [3.8, 4) is 0 Å². The van der Waals surface area contributed by atoms with Crippen molar-refractivity contribution in [1.82, 2.24) is 10.3 Å². The van der Waals surface area contributed by atoms with Gasteiger partial charge in [0, 0.05) is 29.9 Å². The molecule has 1 aliphatic rings. The number of pyridine rings is 1. The Balaban J connectivity index is 2.28. The van der Waals surface area contributed by atoms with Gasteiger partial charge in [-0.15, -0.1) is 0 Å². The molecule has 2 rings (SSSR count). The second kappa shape index (κ2) is 4.34. The van der Waals surface area contributed by atoms with E-state index in [0.717, 1.165) is 37.1 Å². The van der Waals surface area contributed by atoms with Gasteiger partial charge in [-0.1, -0.05) is 6.92 Å². The number of aromatic nitrogens is 1. The fourth-order valence-corrected chi connectivity index (χ4v) is 2.28. The lowest BCUT2D eigenvalue weighted by atomic mass is 9.76. The van der Waals surface area contributed by atoms with Gasteiger partial charge in [-0.3, -0.25) is 9.78 Å². The summed E-state index contributed by atoms with van der Waals surface area (Å²) in [6, 6.07) is 1.90. The van der Waals surface area contributed by atoms with Crippen molar-refractivity contribution in [3.05, 3.63) is 29.6 Å². The Morgan fingerprint density at radius 2 is 2.38 bits per heavy atom. The van der Waals surface area contributed by atoms with E-state index in [4.69, 9.17) is 0 Å². The summed E-state index contributed by atoms with van der Waals surface area (Å²) in [5.41, 5.74) is 1.53. The zero-order valence-corrected chi connectivity index (χ0v) is 9.92. The van der Waals surface area contributed by atoms with Crippen LogP contribution in [0.4, 0.5) is 0 Å². The van der Waals surface area contributed by atoms with Crippen molar-refractivity contribution in [2.24, 2.45) is 5.41 Å². The SMILES string of the molecule is Cc1ccncc1C(=O)C1(C)CCCNC1. The number of ketones is 1. The normalized spacial score (nSPS) is 25.4. The molecule has 1 N–H and O–H groups in total. The largest absolute Gasteiger partial charge is 0.316 e. The van der Waals surface area contributed by atoms with Gasteiger partial charge in [-0.2, -0.15) is 0 Å². The van der Waals surface area contributed by atoms with Crippen molar-refractivity contribution in [2.75, 3.05) is 13.1 Å². The maximum Gasteiger partial charge on any atom is 0.171 e. The molecule has 0 aliphatic carbocycles. The summed E-state index contributed by atoms with van der Waals surface area (Å²) < 4.78 is 0. The van der Waals surface area contributed by atoms with Crippen LogP contribution in [0.3, 0.4) is 0 Å². The quantitative estimate of drug-likeness (QED) is 0.772. The van der Waals surface area contributed by atoms with Crippen molar-refractivity contribution < 1.29 is 4.79 Å². The Hall–Kier alpha value is -1.22. The summed E-state index contributed by atoms with van der Waals surface area (Å²) in [6.07, 6.45) is 5.46. The molecule has 1 aliphatic heterocycles. The first kappa shape index (κ1) is 11.3. The Morgan fingerprint density at radius 3 is 3.00 bits per heavy atom. The van der Waals surface area contributed by atoms with E-state index < -0.39 is 0 Å². The number of carbonyl (C=O) groups is 1. The summed E-state index contributed by atoms with van der Waals surface area (Å²) in [5, 5.41) is 3.30. The molecule has 16 heavy (non-hydrogen) atoms. The maximum atomic E-state index is 12.5. The molecule has 0 bridgehead atoms. The van der Waals surface area contributed by atoms with Crippen LogP contribution in [-0.4, -0.2) is 23.9 Å². The zero-order chi connectivity index (χ0) is 11.6. The van der Waals surface area contributed by atoms with Crippen LogP contribution in [-0.2, 0) is 0 Å². The van der Waals surface area contributed by atoms with Gasteiger partial charge in [0.25, 0.3) is 0 Å². The first-order chi connectivity index (χ1) is 7.63. The second-order valence-corrected chi connectivity index (χ2v) is 4.86. The van der Waals surface area contributed by atoms with Crippen LogP contribution in [0.2, 0.25) is 0 Å². The highest BCUT2D eigenvalue weighted by molar-refractivity contribution is 6.01. The molecule has 1 aromatic heterocycles. The number of hydrogen-bond acceptors (Lipinski definition) is 3. The van der Waals surface area contributed by atoms with Gasteiger partial charge in [0.15, 0.2) is 5.78 Å². The highest BCUT2D eigenvalue weighted by Gasteiger charge is 2.35. The van der Waals surface area contributed by atoms with Crippen molar-refractivity contribution in [3.63, 3.8) is 0 Å². The maximum absolute atomic E-state index is 12.5. The number of hydrogen-bond donors (Lipinski definition) is 1. The van der Waals surface area contributed by atoms with Crippen molar-refractivity contribution >= 4 is 5.78 Å². The third-order valence-corrected chi connectivity index (χ3v) is 3.43. The number of nitrogens with one attached hydrogen (secondary N) is 1. The number of carbonyl (C=O) groups excluding carboxylic acids is 1. The van der Waals surface area contributed by atoms with Gasteiger partial charge in [0.05, 0.1) is 0 Å². The fraction of sp³-hybridized carbons (Fsp3) is 0.538. The first-order valence-electron chi connectivity index (χ1n) is 5.80. The number of rotatable bonds is 2. The van der Waals surface area contributed by atoms with Crippen LogP contribution in [0.1, 0.15) is 35.7 Å². The molecule has 1 atom stereocenters. The smallest absolute Gasteiger partial charge is 0.171 e. The second-order valence-electron chi connectivity index (χ2n) is 4.86. The van der Waals surface area contributed by atoms with Crippen molar-refractivity contribution in [1.29, 1.82) is 0 Å². The molecule has 0 spiro atoms. The standard InChI is InChI=1S/C13H18N2O/c1-10-4-7-14-8-11(10)12(16)13(2)5-3-6-15-9-13/h4,7-8,15H,3,5-6,9H2,1-2H3. The van der Waals surface area contributed by atoms with Gasteiger partial charge in [-0.05, 0) is 37.9 Å². The number of nitrogens with zero attached hydrogens (tertiary/aromatic N) is 1. The topological polar surface area (TPSA) is 42.0 Å². The van der Waals surface area contributed by atoms with Crippen LogP contribution in [0.5, 0.6) is 0 Å². The number of aryl methyl sites for hydroxylation is 1. The molecule has 1 aromatic rings. The van der Waals surface area contributed by atoms with Gasteiger partial charge in [-0.25, -0.2) is 0 Å². The van der Waals surface area contributed by atoms with E-state index in [9.17, 15) is 4.79 Å². The highest BCUT2D eigenvalue weighted by atomic mass is 16.1. The fourth-order valence-electron chi connectivity index (χ4n) is 2.28. The molecule has 0 radical (unpaired) electrons. The van der Waals surface area contributed by atoms with Crippen LogP contribution < -0.4 is 5.32 Å². The molecule has 86 valence electrons. The number of piperidine rings is 1. The average molecular weight is 218 g/mol. The Kier molecular flexibility index (Phi) is 3.06. The Labute approximate surface area is 96.3 Å². The predicted molar refractivity (Wildman–Crippen MR) is 63.5 cm³/mol. The third-order valence-electron chi connectivity index (χ3n) is 3.43. The number of Topliss-reactive ketones (excluding diaryl/α,β-unsaturated/α-hetero) is 1. The molecule has 2 heterocycles. The van der Waals surface area contributed by atoms with Gasteiger partial charge < -0.3 is 5.32 Å². The molecular weight excluding hydrogens is 200 g/mol. The molecule has 3 heteroatoms. The van der Waals surface area contributed by atoms with E-state index in [-0.39, 0.29) is 11.2 Å². The molecule has 3 nitrogen and oxygen atoms in total. The van der Waals surface area contributed by atoms with E-state index in [1.807, 2.05) is 19.9 Å². The summed E-state index contributed by atoms with van der Waals surface area (Å²) >= 11 is 0. The van der Waals surface area contributed by atoms with Crippen LogP contribution in [0.25, 0.3) is 0 Å². The van der Waals surface area contributed by atoms with E-state index in [1.54, 1.807) is 12.4 Å². The van der Waals surface area contributed by atoms with Crippen LogP contribution >= 0.6 is 0 Å². The van der Waals surface area contributed by atoms with E-state index in [2.05, 4.69) is 10.3 Å². The first-order valence-corrected chi connectivity index (χ1v) is 5.80. The molecule has 0 aromatic carbocycles. The van der Waals surface area contributed by atoms with Gasteiger partial charge in [0.1, 0.15) is 0 Å². The third kappa shape index (κ3) is 2.00. The van der Waals surface area contributed by atoms with E-state index >= 15 is 0 Å². The Bertz CT molecular complexity index is 395. The van der Waals surface area contributed by atoms with E-state index in [1.165, 1.54) is 0 Å². The van der Waals surface area contributed by atoms with Crippen LogP contribution in [0, 0.1) is 12.3 Å². The monoisotopic (exact) mass is 218 g/mol. The molecule has 0 saturated carbocycles. The molecule has 1 unspecified atom stereocenters. The summed E-state index contributed by atoms with van der Waals surface area (Å²) in [6.45, 7) is 5.82. The highest BCUT2D eigenvalue weighted by Crippen LogP contribution is 2.30. The van der Waals surface area contributed by atoms with Crippen molar-refractivity contribution in [2.45, 2.75) is 26.7 Å². The lowest BCUT2D eigenvalue weighted by Gasteiger charge is -2.32. The summed E-state index contributed by atoms with van der Waals surface area (Å²) in [5.74, 6) is 0.227. The summed E-state index contributed by atoms with van der Waals surface area (Å²) in [4.78, 5) is 16.5. The molecule has 0 amide bonds. The zero-order valence-electron chi connectivity index (χ0n) is 9.92. The van der Waals surface area contributed by atoms with Crippen LogP contribution in [0.15, 0.2) is 18.5 Å². The van der Waals surface area contributed by atoms with E-state index in [0.29, 0.717) is 0 Å². The van der Waals surface area contributed by atoms with Gasteiger partial charge in [0.2, 0.25) is 0 Å². The predicted octanol–water partition coefficient (Wildman–Crippen LogP) is 1.96. The minimum absolute atomic E-state index is 0.227. The molecule has 1 saturated heterocycles. The minimum atomic E-state index is -0.258.